The second kappa shape index (κ2) is 9.79. The molecule has 0 bridgehead atoms. The first kappa shape index (κ1) is 26.3. The molecule has 10 heteroatoms. The van der Waals surface area contributed by atoms with E-state index >= 15 is 0 Å². The summed E-state index contributed by atoms with van der Waals surface area (Å²) in [4.78, 5) is 23.3. The van der Waals surface area contributed by atoms with E-state index in [1.165, 1.54) is 0 Å². The highest BCUT2D eigenvalue weighted by atomic mass is 16.5. The van der Waals surface area contributed by atoms with Gasteiger partial charge in [0.25, 0.3) is 11.8 Å². The van der Waals surface area contributed by atoms with E-state index < -0.39 is 17.2 Å². The lowest BCUT2D eigenvalue weighted by molar-refractivity contribution is 0.0659. The van der Waals surface area contributed by atoms with Crippen LogP contribution in [-0.2, 0) is 11.1 Å². The van der Waals surface area contributed by atoms with Crippen LogP contribution in [0, 0.1) is 0 Å². The average Bonchev–Trinajstić information content (AvgIpc) is 3.47. The molecule has 5 rings (SSSR count). The van der Waals surface area contributed by atoms with Gasteiger partial charge >= 0.3 is 0 Å². The van der Waals surface area contributed by atoms with E-state index in [-0.39, 0.29) is 24.2 Å². The predicted octanol–water partition coefficient (Wildman–Crippen LogP) is 4.57. The monoisotopic (exact) mass is 528 g/mol. The number of hydrogen-bond donors (Lipinski definition) is 4. The van der Waals surface area contributed by atoms with Crippen molar-refractivity contribution in [2.75, 3.05) is 24.3 Å². The SMILES string of the molecule is CN1C(=O)c2ccc(Nc3cc(N[C@H](CO)c4ccccc4)c(-c4nc(C(C)(C)O)no4)cn3)cc2C1(C)C. The molecule has 2 aromatic carbocycles. The lowest BCUT2D eigenvalue weighted by atomic mass is 9.93. The minimum Gasteiger partial charge on any atom is -0.394 e. The van der Waals surface area contributed by atoms with E-state index in [4.69, 9.17) is 4.52 Å². The highest BCUT2D eigenvalue weighted by Crippen LogP contribution is 2.39. The van der Waals surface area contributed by atoms with Crippen LogP contribution in [0.2, 0.25) is 0 Å². The minimum atomic E-state index is -1.28. The van der Waals surface area contributed by atoms with Gasteiger partial charge in [0.15, 0.2) is 0 Å². The second-order valence-electron chi connectivity index (χ2n) is 10.7. The maximum Gasteiger partial charge on any atom is 0.261 e. The van der Waals surface area contributed by atoms with E-state index in [1.807, 2.05) is 62.4 Å². The molecule has 1 aliphatic heterocycles. The van der Waals surface area contributed by atoms with Gasteiger partial charge in [-0.25, -0.2) is 4.98 Å². The number of carbonyl (C=O) groups excluding carboxylic acids is 1. The molecular weight excluding hydrogens is 496 g/mol. The van der Waals surface area contributed by atoms with Crippen LogP contribution in [0.3, 0.4) is 0 Å². The summed E-state index contributed by atoms with van der Waals surface area (Å²) in [6.45, 7) is 7.02. The molecule has 202 valence electrons. The fraction of sp³-hybridized carbons (Fsp3) is 0.310. The van der Waals surface area contributed by atoms with E-state index in [0.717, 1.165) is 16.8 Å². The first-order chi connectivity index (χ1) is 18.5. The molecular formula is C29H32N6O4. The fourth-order valence-corrected chi connectivity index (χ4v) is 4.58. The van der Waals surface area contributed by atoms with Gasteiger partial charge in [0, 0.05) is 30.6 Å². The van der Waals surface area contributed by atoms with Crippen LogP contribution in [-0.4, -0.2) is 49.8 Å². The number of pyridine rings is 1. The lowest BCUT2D eigenvalue weighted by Crippen LogP contribution is -2.35. The molecule has 10 nitrogen and oxygen atoms in total. The van der Waals surface area contributed by atoms with E-state index in [1.54, 1.807) is 38.1 Å². The summed E-state index contributed by atoms with van der Waals surface area (Å²) in [6, 6.07) is 16.6. The van der Waals surface area contributed by atoms with E-state index in [2.05, 4.69) is 25.8 Å². The molecule has 4 N–H and O–H groups in total. The highest BCUT2D eigenvalue weighted by molar-refractivity contribution is 6.00. The molecule has 0 radical (unpaired) electrons. The number of nitrogens with one attached hydrogen (secondary N) is 2. The Hall–Kier alpha value is -4.28. The Labute approximate surface area is 226 Å². The van der Waals surface area contributed by atoms with Gasteiger partial charge in [-0.15, -0.1) is 0 Å². The predicted molar refractivity (Wildman–Crippen MR) is 148 cm³/mol. The van der Waals surface area contributed by atoms with Gasteiger partial charge in [0.2, 0.25) is 5.82 Å². The number of carbonyl (C=O) groups is 1. The number of nitrogens with zero attached hydrogens (tertiary/aromatic N) is 4. The Morgan fingerprint density at radius 1 is 1.10 bits per heavy atom. The Bertz CT molecular complexity index is 1510. The van der Waals surface area contributed by atoms with Crippen LogP contribution < -0.4 is 10.6 Å². The number of aliphatic hydroxyl groups is 2. The first-order valence-corrected chi connectivity index (χ1v) is 12.7. The van der Waals surface area contributed by atoms with Crippen molar-refractivity contribution in [1.82, 2.24) is 20.0 Å². The van der Waals surface area contributed by atoms with Crippen LogP contribution in [0.25, 0.3) is 11.5 Å². The summed E-state index contributed by atoms with van der Waals surface area (Å²) in [5.41, 5.74) is 2.69. The molecule has 0 spiro atoms. The van der Waals surface area contributed by atoms with Crippen LogP contribution >= 0.6 is 0 Å². The maximum absolute atomic E-state index is 12.6. The molecule has 1 amide bonds. The van der Waals surface area contributed by atoms with Crippen molar-refractivity contribution in [1.29, 1.82) is 0 Å². The summed E-state index contributed by atoms with van der Waals surface area (Å²) in [7, 11) is 1.80. The average molecular weight is 529 g/mol. The molecule has 39 heavy (non-hydrogen) atoms. The summed E-state index contributed by atoms with van der Waals surface area (Å²) in [5.74, 6) is 0.854. The zero-order chi connectivity index (χ0) is 27.9. The van der Waals surface area contributed by atoms with Crippen LogP contribution in [0.15, 0.2) is 65.3 Å². The normalized spacial score (nSPS) is 15.3. The standard InChI is InChI=1S/C29H32N6O4/c1-28(2)21-13-18(11-12-19(21)26(37)35(28)5)31-24-14-22(32-23(16-36)17-9-7-6-8-10-17)20(15-30-24)25-33-27(34-39-25)29(3,4)38/h6-15,23,36,38H,16H2,1-5H3,(H2,30,31,32)/t23-/m1/s1. The third kappa shape index (κ3) is 4.96. The number of amides is 1. The Morgan fingerprint density at radius 2 is 1.85 bits per heavy atom. The van der Waals surface area contributed by atoms with E-state index in [0.29, 0.717) is 22.6 Å². The lowest BCUT2D eigenvalue weighted by Gasteiger charge is -2.28. The third-order valence-electron chi connectivity index (χ3n) is 7.15. The Morgan fingerprint density at radius 3 is 2.51 bits per heavy atom. The molecule has 0 saturated carbocycles. The number of anilines is 3. The number of hydrogen-bond acceptors (Lipinski definition) is 9. The van der Waals surface area contributed by atoms with Gasteiger partial charge in [0.05, 0.1) is 29.4 Å². The highest BCUT2D eigenvalue weighted by Gasteiger charge is 2.40. The van der Waals surface area contributed by atoms with Gasteiger partial charge in [-0.1, -0.05) is 35.5 Å². The van der Waals surface area contributed by atoms with Crippen LogP contribution in [0.1, 0.15) is 61.0 Å². The number of rotatable bonds is 8. The number of fused-ring (bicyclic) bond motifs is 1. The quantitative estimate of drug-likeness (QED) is 0.259. The maximum atomic E-state index is 12.6. The number of aromatic nitrogens is 3. The molecule has 0 saturated heterocycles. The summed E-state index contributed by atoms with van der Waals surface area (Å²) in [6.07, 6.45) is 1.60. The molecule has 0 aliphatic carbocycles. The van der Waals surface area contributed by atoms with Crippen LogP contribution in [0.4, 0.5) is 17.2 Å². The molecule has 1 atom stereocenters. The van der Waals surface area contributed by atoms with Crippen molar-refractivity contribution in [3.05, 3.63) is 83.3 Å². The van der Waals surface area contributed by atoms with E-state index in [9.17, 15) is 15.0 Å². The molecule has 3 heterocycles. The van der Waals surface area contributed by atoms with Crippen molar-refractivity contribution in [2.24, 2.45) is 0 Å². The van der Waals surface area contributed by atoms with Gasteiger partial charge < -0.3 is 30.3 Å². The van der Waals surface area contributed by atoms with Crippen molar-refractivity contribution in [3.63, 3.8) is 0 Å². The molecule has 1 aliphatic rings. The summed E-state index contributed by atoms with van der Waals surface area (Å²) in [5, 5.41) is 31.1. The minimum absolute atomic E-state index is 0.00328. The van der Waals surface area contributed by atoms with Gasteiger partial charge in [-0.05, 0) is 57.0 Å². The van der Waals surface area contributed by atoms with Crippen molar-refractivity contribution < 1.29 is 19.5 Å². The molecule has 4 aromatic rings. The van der Waals surface area contributed by atoms with Gasteiger partial charge in [0.1, 0.15) is 11.4 Å². The van der Waals surface area contributed by atoms with Crippen LogP contribution in [0.5, 0.6) is 0 Å². The fourth-order valence-electron chi connectivity index (χ4n) is 4.58. The first-order valence-electron chi connectivity index (χ1n) is 12.7. The van der Waals surface area contributed by atoms with Crippen molar-refractivity contribution in [3.8, 4) is 11.5 Å². The molecule has 2 aromatic heterocycles. The topological polar surface area (TPSA) is 137 Å². The smallest absolute Gasteiger partial charge is 0.261 e. The Balaban J connectivity index is 1.52. The van der Waals surface area contributed by atoms with Crippen molar-refractivity contribution >= 4 is 23.1 Å². The largest absolute Gasteiger partial charge is 0.394 e. The Kier molecular flexibility index (Phi) is 6.61. The van der Waals surface area contributed by atoms with Gasteiger partial charge in [-0.2, -0.15) is 4.98 Å². The second-order valence-corrected chi connectivity index (χ2v) is 10.7. The molecule has 0 unspecified atom stereocenters. The van der Waals surface area contributed by atoms with Gasteiger partial charge in [-0.3, -0.25) is 4.79 Å². The molecule has 0 fully saturated rings. The van der Waals surface area contributed by atoms with Crippen molar-refractivity contribution in [2.45, 2.75) is 44.9 Å². The number of aliphatic hydroxyl groups excluding tert-OH is 1. The summed E-state index contributed by atoms with van der Waals surface area (Å²) >= 11 is 0. The summed E-state index contributed by atoms with van der Waals surface area (Å²) < 4.78 is 5.47. The zero-order valence-electron chi connectivity index (χ0n) is 22.6. The third-order valence-corrected chi connectivity index (χ3v) is 7.15. The zero-order valence-corrected chi connectivity index (χ0v) is 22.6. The number of benzene rings is 2.